The van der Waals surface area contributed by atoms with Crippen LogP contribution in [0.15, 0.2) is 43.4 Å². The highest BCUT2D eigenvalue weighted by Crippen LogP contribution is 2.15. The molecule has 1 aliphatic rings. The quantitative estimate of drug-likeness (QED) is 0.831. The van der Waals surface area contributed by atoms with Crippen LogP contribution in [0.2, 0.25) is 0 Å². The lowest BCUT2D eigenvalue weighted by molar-refractivity contribution is 0.628. The van der Waals surface area contributed by atoms with Crippen LogP contribution in [0.4, 0.5) is 17.7 Å². The van der Waals surface area contributed by atoms with Crippen LogP contribution in [0.25, 0.3) is 0 Å². The topological polar surface area (TPSA) is 70.1 Å². The van der Waals surface area contributed by atoms with Crippen LogP contribution in [0, 0.1) is 0 Å². The molecule has 3 rings (SSSR count). The fourth-order valence-electron chi connectivity index (χ4n) is 2.34. The molecule has 2 aromatic rings. The summed E-state index contributed by atoms with van der Waals surface area (Å²) in [6, 6.07) is 3.69. The molecule has 0 aromatic carbocycles. The van der Waals surface area contributed by atoms with E-state index in [2.05, 4.69) is 41.6 Å². The molecular weight excluding hydrogens is 278 g/mol. The van der Waals surface area contributed by atoms with Crippen molar-refractivity contribution < 1.29 is 0 Å². The van der Waals surface area contributed by atoms with Crippen LogP contribution in [-0.2, 0) is 0 Å². The van der Waals surface area contributed by atoms with Gasteiger partial charge in [-0.3, -0.25) is 0 Å². The van der Waals surface area contributed by atoms with Gasteiger partial charge in [-0.1, -0.05) is 6.08 Å². The van der Waals surface area contributed by atoms with E-state index in [0.717, 1.165) is 43.9 Å². The van der Waals surface area contributed by atoms with Crippen LogP contribution in [-0.4, -0.2) is 52.7 Å². The summed E-state index contributed by atoms with van der Waals surface area (Å²) in [6.45, 7) is 7.80. The van der Waals surface area contributed by atoms with Crippen LogP contribution >= 0.6 is 0 Å². The van der Waals surface area contributed by atoms with E-state index < -0.39 is 0 Å². The first-order valence-corrected chi connectivity index (χ1v) is 7.31. The molecule has 0 atom stereocenters. The Morgan fingerprint density at radius 2 is 1.64 bits per heavy atom. The van der Waals surface area contributed by atoms with Crippen molar-refractivity contribution in [2.24, 2.45) is 0 Å². The van der Waals surface area contributed by atoms with E-state index in [1.165, 1.54) is 0 Å². The monoisotopic (exact) mass is 297 g/mol. The van der Waals surface area contributed by atoms with Gasteiger partial charge in [0.2, 0.25) is 11.9 Å². The number of hydrogen-bond donors (Lipinski definition) is 1. The lowest BCUT2D eigenvalue weighted by Gasteiger charge is -2.34. The third-order valence-corrected chi connectivity index (χ3v) is 3.47. The lowest BCUT2D eigenvalue weighted by atomic mass is 10.3. The Morgan fingerprint density at radius 1 is 1.00 bits per heavy atom. The molecule has 114 valence electrons. The molecule has 22 heavy (non-hydrogen) atoms. The van der Waals surface area contributed by atoms with Gasteiger partial charge < -0.3 is 15.1 Å². The Bertz CT molecular complexity index is 608. The molecular formula is C15H19N7. The van der Waals surface area contributed by atoms with Gasteiger partial charge in [-0.05, 0) is 12.1 Å². The first-order valence-electron chi connectivity index (χ1n) is 7.31. The van der Waals surface area contributed by atoms with Crippen molar-refractivity contribution in [2.75, 3.05) is 47.8 Å². The van der Waals surface area contributed by atoms with Gasteiger partial charge in [0.25, 0.3) is 0 Å². The van der Waals surface area contributed by atoms with Crippen LogP contribution in [0.1, 0.15) is 0 Å². The summed E-state index contributed by atoms with van der Waals surface area (Å²) < 4.78 is 0. The number of nitrogens with zero attached hydrogens (tertiary/aromatic N) is 6. The van der Waals surface area contributed by atoms with Crippen molar-refractivity contribution in [1.82, 2.24) is 19.9 Å². The maximum Gasteiger partial charge on any atom is 0.227 e. The molecule has 0 radical (unpaired) electrons. The minimum atomic E-state index is 0.690. The first kappa shape index (κ1) is 14.2. The maximum atomic E-state index is 4.54. The zero-order chi connectivity index (χ0) is 15.2. The van der Waals surface area contributed by atoms with Crippen molar-refractivity contribution >= 4 is 17.7 Å². The number of aromatic nitrogens is 4. The van der Waals surface area contributed by atoms with E-state index in [9.17, 15) is 0 Å². The highest BCUT2D eigenvalue weighted by atomic mass is 15.4. The average Bonchev–Trinajstić information content (AvgIpc) is 2.61. The maximum absolute atomic E-state index is 4.54. The zero-order valence-electron chi connectivity index (χ0n) is 12.4. The molecule has 0 bridgehead atoms. The van der Waals surface area contributed by atoms with Crippen LogP contribution in [0.3, 0.4) is 0 Å². The third kappa shape index (κ3) is 3.30. The Labute approximate surface area is 129 Å². The Balaban J connectivity index is 1.62. The van der Waals surface area contributed by atoms with Crippen molar-refractivity contribution in [3.05, 3.63) is 43.4 Å². The standard InChI is InChI=1S/C15H19N7/c1-2-5-16-13-4-8-19-15(20-13)22-11-9-21(10-12-22)14-17-6-3-7-18-14/h2-4,6-8H,1,5,9-12H2,(H,16,19,20). The zero-order valence-corrected chi connectivity index (χ0v) is 12.4. The van der Waals surface area contributed by atoms with Crippen molar-refractivity contribution in [3.63, 3.8) is 0 Å². The summed E-state index contributed by atoms with van der Waals surface area (Å²) in [7, 11) is 0. The number of nitrogens with one attached hydrogen (secondary N) is 1. The highest BCUT2D eigenvalue weighted by Gasteiger charge is 2.20. The molecule has 1 fully saturated rings. The van der Waals surface area contributed by atoms with Gasteiger partial charge in [-0.2, -0.15) is 4.98 Å². The molecule has 0 amide bonds. The fraction of sp³-hybridized carbons (Fsp3) is 0.333. The smallest absolute Gasteiger partial charge is 0.227 e. The largest absolute Gasteiger partial charge is 0.366 e. The van der Waals surface area contributed by atoms with Crippen LogP contribution < -0.4 is 15.1 Å². The van der Waals surface area contributed by atoms with Crippen LogP contribution in [0.5, 0.6) is 0 Å². The summed E-state index contributed by atoms with van der Waals surface area (Å²) >= 11 is 0. The van der Waals surface area contributed by atoms with Crippen molar-refractivity contribution in [2.45, 2.75) is 0 Å². The minimum Gasteiger partial charge on any atom is -0.366 e. The number of piperazine rings is 1. The van der Waals surface area contributed by atoms with E-state index in [4.69, 9.17) is 0 Å². The molecule has 2 aromatic heterocycles. The predicted octanol–water partition coefficient (Wildman–Crippen LogP) is 1.19. The molecule has 0 spiro atoms. The second-order valence-corrected chi connectivity index (χ2v) is 4.93. The van der Waals surface area contributed by atoms with Gasteiger partial charge in [-0.15, -0.1) is 6.58 Å². The Kier molecular flexibility index (Phi) is 4.43. The molecule has 7 heteroatoms. The molecule has 3 heterocycles. The van der Waals surface area contributed by atoms with Crippen molar-refractivity contribution in [1.29, 1.82) is 0 Å². The summed E-state index contributed by atoms with van der Waals surface area (Å²) in [5, 5.41) is 3.18. The second kappa shape index (κ2) is 6.84. The summed E-state index contributed by atoms with van der Waals surface area (Å²) in [6.07, 6.45) is 7.12. The Morgan fingerprint density at radius 3 is 2.32 bits per heavy atom. The molecule has 7 nitrogen and oxygen atoms in total. The van der Waals surface area contributed by atoms with Gasteiger partial charge in [0.1, 0.15) is 5.82 Å². The SMILES string of the molecule is C=CCNc1ccnc(N2CCN(c3ncccn3)CC2)n1. The first-order chi connectivity index (χ1) is 10.9. The fourth-order valence-corrected chi connectivity index (χ4v) is 2.34. The summed E-state index contributed by atoms with van der Waals surface area (Å²) in [4.78, 5) is 21.8. The predicted molar refractivity (Wildman–Crippen MR) is 87.2 cm³/mol. The molecule has 0 unspecified atom stereocenters. The van der Waals surface area contributed by atoms with Gasteiger partial charge in [0.15, 0.2) is 0 Å². The molecule has 0 saturated carbocycles. The molecule has 0 aliphatic carbocycles. The van der Waals surface area contributed by atoms with E-state index in [0.29, 0.717) is 6.54 Å². The minimum absolute atomic E-state index is 0.690. The highest BCUT2D eigenvalue weighted by molar-refractivity contribution is 5.43. The van der Waals surface area contributed by atoms with Crippen molar-refractivity contribution in [3.8, 4) is 0 Å². The normalized spacial score (nSPS) is 14.7. The summed E-state index contributed by atoms with van der Waals surface area (Å²) in [5.74, 6) is 2.35. The third-order valence-electron chi connectivity index (χ3n) is 3.47. The number of anilines is 3. The van der Waals surface area contributed by atoms with Gasteiger partial charge >= 0.3 is 0 Å². The van der Waals surface area contributed by atoms with Gasteiger partial charge in [0.05, 0.1) is 0 Å². The molecule has 1 N–H and O–H groups in total. The average molecular weight is 297 g/mol. The van der Waals surface area contributed by atoms with E-state index in [-0.39, 0.29) is 0 Å². The van der Waals surface area contributed by atoms with Gasteiger partial charge in [0, 0.05) is 51.3 Å². The van der Waals surface area contributed by atoms with E-state index in [1.807, 2.05) is 12.1 Å². The second-order valence-electron chi connectivity index (χ2n) is 4.93. The Hall–Kier alpha value is -2.70. The summed E-state index contributed by atoms with van der Waals surface area (Å²) in [5.41, 5.74) is 0. The van der Waals surface area contributed by atoms with Gasteiger partial charge in [-0.25, -0.2) is 15.0 Å². The number of hydrogen-bond acceptors (Lipinski definition) is 7. The molecule has 1 saturated heterocycles. The lowest BCUT2D eigenvalue weighted by Crippen LogP contribution is -2.47. The van der Waals surface area contributed by atoms with E-state index >= 15 is 0 Å². The van der Waals surface area contributed by atoms with E-state index in [1.54, 1.807) is 24.7 Å². The molecule has 1 aliphatic heterocycles. The number of rotatable bonds is 5.